The molecule has 0 fully saturated rings. The van der Waals surface area contributed by atoms with Crippen LogP contribution in [0.5, 0.6) is 0 Å². The minimum Gasteiger partial charge on any atom is -0.301 e. The second kappa shape index (κ2) is 6.87. The Hall–Kier alpha value is -1.74. The lowest BCUT2D eigenvalue weighted by atomic mass is 9.89. The van der Waals surface area contributed by atoms with Gasteiger partial charge >= 0.3 is 0 Å². The maximum Gasteiger partial charge on any atom is 0.260 e. The Labute approximate surface area is 153 Å². The number of fused-ring (bicyclic) bond motifs is 3. The number of hydrogen-bond acceptors (Lipinski definition) is 7. The molecule has 9 heteroatoms. The number of nitrogens with zero attached hydrogens (tertiary/aromatic N) is 5. The van der Waals surface area contributed by atoms with Crippen molar-refractivity contribution >= 4 is 33.3 Å². The molecule has 7 nitrogen and oxygen atoms in total. The summed E-state index contributed by atoms with van der Waals surface area (Å²) in [6.45, 7) is 5.15. The Morgan fingerprint density at radius 3 is 3.16 bits per heavy atom. The molecule has 0 bridgehead atoms. The van der Waals surface area contributed by atoms with Crippen LogP contribution in [0.25, 0.3) is 10.2 Å². The number of thioether (sulfide) groups is 1. The number of rotatable bonds is 5. The molecule has 1 atom stereocenters. The molecule has 0 saturated carbocycles. The van der Waals surface area contributed by atoms with E-state index < -0.39 is 0 Å². The van der Waals surface area contributed by atoms with Crippen LogP contribution in [0, 0.1) is 5.92 Å². The summed E-state index contributed by atoms with van der Waals surface area (Å²) in [5.74, 6) is 2.07. The summed E-state index contributed by atoms with van der Waals surface area (Å²) in [4.78, 5) is 22.4. The Morgan fingerprint density at radius 2 is 2.32 bits per heavy atom. The number of thiophene rings is 1. The van der Waals surface area contributed by atoms with Crippen LogP contribution < -0.4 is 5.56 Å². The first-order valence-electron chi connectivity index (χ1n) is 8.58. The zero-order valence-electron chi connectivity index (χ0n) is 14.3. The van der Waals surface area contributed by atoms with Crippen molar-refractivity contribution in [2.75, 3.05) is 0 Å². The van der Waals surface area contributed by atoms with Gasteiger partial charge in [0.2, 0.25) is 0 Å². The smallest absolute Gasteiger partial charge is 0.260 e. The zero-order chi connectivity index (χ0) is 17.4. The molecule has 0 amide bonds. The van der Waals surface area contributed by atoms with E-state index in [1.807, 2.05) is 0 Å². The summed E-state index contributed by atoms with van der Waals surface area (Å²) in [5.41, 5.74) is 1.20. The fraction of sp³-hybridized carbons (Fsp3) is 0.562. The summed E-state index contributed by atoms with van der Waals surface area (Å²) in [6.07, 6.45) is 4.17. The van der Waals surface area contributed by atoms with Crippen molar-refractivity contribution in [1.29, 1.82) is 0 Å². The molecule has 0 aliphatic heterocycles. The van der Waals surface area contributed by atoms with Gasteiger partial charge < -0.3 is 4.98 Å². The molecule has 1 N–H and O–H groups in total. The average Bonchev–Trinajstić information content (AvgIpc) is 3.16. The van der Waals surface area contributed by atoms with Crippen molar-refractivity contribution in [3.05, 3.63) is 26.6 Å². The van der Waals surface area contributed by atoms with Crippen LogP contribution in [0.15, 0.2) is 9.95 Å². The van der Waals surface area contributed by atoms with E-state index in [0.717, 1.165) is 48.3 Å². The Kier molecular flexibility index (Phi) is 4.60. The normalized spacial score (nSPS) is 17.1. The van der Waals surface area contributed by atoms with Gasteiger partial charge in [-0.3, -0.25) is 4.79 Å². The summed E-state index contributed by atoms with van der Waals surface area (Å²) in [6, 6.07) is 0. The van der Waals surface area contributed by atoms with Gasteiger partial charge in [0, 0.05) is 11.4 Å². The molecule has 3 aromatic rings. The van der Waals surface area contributed by atoms with Gasteiger partial charge in [0.05, 0.1) is 11.1 Å². The van der Waals surface area contributed by atoms with Crippen molar-refractivity contribution in [1.82, 2.24) is 30.2 Å². The van der Waals surface area contributed by atoms with Crippen LogP contribution >= 0.6 is 23.1 Å². The highest BCUT2D eigenvalue weighted by atomic mass is 32.2. The lowest BCUT2D eigenvalue weighted by Gasteiger charge is -2.17. The molecule has 0 saturated heterocycles. The van der Waals surface area contributed by atoms with E-state index >= 15 is 0 Å². The van der Waals surface area contributed by atoms with Crippen molar-refractivity contribution < 1.29 is 0 Å². The van der Waals surface area contributed by atoms with Crippen LogP contribution in [-0.4, -0.2) is 30.2 Å². The van der Waals surface area contributed by atoms with Crippen LogP contribution in [-0.2, 0) is 25.1 Å². The lowest BCUT2D eigenvalue weighted by Crippen LogP contribution is -2.13. The van der Waals surface area contributed by atoms with Gasteiger partial charge in [-0.25, -0.2) is 9.67 Å². The molecule has 1 aliphatic rings. The van der Waals surface area contributed by atoms with E-state index in [1.165, 1.54) is 22.2 Å². The third-order valence-corrected chi connectivity index (χ3v) is 6.54. The Balaban J connectivity index is 1.61. The first kappa shape index (κ1) is 16.7. The highest BCUT2D eigenvalue weighted by Gasteiger charge is 2.23. The van der Waals surface area contributed by atoms with E-state index in [4.69, 9.17) is 0 Å². The molecule has 3 aromatic heterocycles. The van der Waals surface area contributed by atoms with Gasteiger partial charge in [0.25, 0.3) is 5.56 Å². The molecule has 0 aromatic carbocycles. The van der Waals surface area contributed by atoms with Gasteiger partial charge in [-0.15, -0.1) is 16.4 Å². The molecule has 0 spiro atoms. The second-order valence-corrected chi connectivity index (χ2v) is 8.56. The van der Waals surface area contributed by atoms with Crippen LogP contribution in [0.2, 0.25) is 0 Å². The van der Waals surface area contributed by atoms with Gasteiger partial charge in [-0.1, -0.05) is 25.6 Å². The maximum absolute atomic E-state index is 12.6. The number of aromatic amines is 1. The lowest BCUT2D eigenvalue weighted by molar-refractivity contribution is 0.509. The van der Waals surface area contributed by atoms with Crippen LogP contribution in [0.1, 0.15) is 43.0 Å². The minimum atomic E-state index is -0.0206. The SMILES string of the molecule is CCCn1nnnc1CSc1nc2sc3c(c2c(=O)[nH]1)CC[C@H](C)C3. The predicted octanol–water partition coefficient (Wildman–Crippen LogP) is 2.80. The highest BCUT2D eigenvalue weighted by Crippen LogP contribution is 2.36. The standard InChI is InChI=1S/C16H20N6OS2/c1-3-6-22-12(19-20-21-22)8-24-16-17-14(23)13-10-5-4-9(2)7-11(10)25-15(13)18-16/h9H,3-8H2,1-2H3,(H,17,18,23)/t9-/m0/s1. The zero-order valence-corrected chi connectivity index (χ0v) is 15.9. The minimum absolute atomic E-state index is 0.0206. The molecular weight excluding hydrogens is 356 g/mol. The Morgan fingerprint density at radius 1 is 1.44 bits per heavy atom. The van der Waals surface area contributed by atoms with Gasteiger partial charge in [0.15, 0.2) is 11.0 Å². The van der Waals surface area contributed by atoms with E-state index in [-0.39, 0.29) is 5.56 Å². The van der Waals surface area contributed by atoms with E-state index in [2.05, 4.69) is 39.3 Å². The molecule has 4 rings (SSSR count). The van der Waals surface area contributed by atoms with Crippen molar-refractivity contribution in [3.8, 4) is 0 Å². The molecular formula is C16H20N6OS2. The van der Waals surface area contributed by atoms with Crippen molar-refractivity contribution in [3.63, 3.8) is 0 Å². The van der Waals surface area contributed by atoms with Gasteiger partial charge in [-0.2, -0.15) is 0 Å². The maximum atomic E-state index is 12.6. The number of nitrogens with one attached hydrogen (secondary N) is 1. The topological polar surface area (TPSA) is 89.3 Å². The van der Waals surface area contributed by atoms with Crippen LogP contribution in [0.3, 0.4) is 0 Å². The number of aromatic nitrogens is 6. The number of tetrazole rings is 1. The first-order chi connectivity index (χ1) is 12.2. The van der Waals surface area contributed by atoms with Crippen molar-refractivity contribution in [2.45, 2.75) is 57.0 Å². The first-order valence-corrected chi connectivity index (χ1v) is 10.4. The summed E-state index contributed by atoms with van der Waals surface area (Å²) in [7, 11) is 0. The van der Waals surface area contributed by atoms with Crippen LogP contribution in [0.4, 0.5) is 0 Å². The molecule has 132 valence electrons. The largest absolute Gasteiger partial charge is 0.301 e. The Bertz CT molecular complexity index is 959. The monoisotopic (exact) mass is 376 g/mol. The average molecular weight is 377 g/mol. The predicted molar refractivity (Wildman–Crippen MR) is 99.1 cm³/mol. The number of aryl methyl sites for hydroxylation is 2. The van der Waals surface area contributed by atoms with Gasteiger partial charge in [0.1, 0.15) is 4.83 Å². The molecule has 3 heterocycles. The second-order valence-electron chi connectivity index (χ2n) is 6.51. The fourth-order valence-electron chi connectivity index (χ4n) is 3.24. The van der Waals surface area contributed by atoms with Gasteiger partial charge in [-0.05, 0) is 47.6 Å². The number of H-pyrrole nitrogens is 1. The summed E-state index contributed by atoms with van der Waals surface area (Å²) in [5, 5.41) is 13.2. The van der Waals surface area contributed by atoms with E-state index in [0.29, 0.717) is 16.8 Å². The van der Waals surface area contributed by atoms with Crippen molar-refractivity contribution in [2.24, 2.45) is 5.92 Å². The summed E-state index contributed by atoms with van der Waals surface area (Å²) >= 11 is 3.15. The summed E-state index contributed by atoms with van der Waals surface area (Å²) < 4.78 is 1.80. The third kappa shape index (κ3) is 3.22. The molecule has 1 aliphatic carbocycles. The molecule has 0 unspecified atom stereocenters. The number of hydrogen-bond donors (Lipinski definition) is 1. The van der Waals surface area contributed by atoms with E-state index in [9.17, 15) is 4.79 Å². The third-order valence-electron chi connectivity index (χ3n) is 4.52. The van der Waals surface area contributed by atoms with E-state index in [1.54, 1.807) is 16.0 Å². The molecule has 25 heavy (non-hydrogen) atoms. The molecule has 0 radical (unpaired) electrons. The fourth-order valence-corrected chi connectivity index (χ4v) is 5.48. The highest BCUT2D eigenvalue weighted by molar-refractivity contribution is 7.98. The quantitative estimate of drug-likeness (QED) is 0.544.